The Morgan fingerprint density at radius 1 is 1.33 bits per heavy atom. The Balaban J connectivity index is 2.68. The van der Waals surface area contributed by atoms with E-state index in [1.165, 1.54) is 0 Å². The van der Waals surface area contributed by atoms with Gasteiger partial charge in [-0.05, 0) is 12.1 Å². The molecule has 5 heteroatoms. The number of halogens is 1. The summed E-state index contributed by atoms with van der Waals surface area (Å²) in [6.45, 7) is -0.00456. The lowest BCUT2D eigenvalue weighted by atomic mass is 10.2. The number of para-hydroxylation sites is 1. The minimum atomic E-state index is -0.00456. The van der Waals surface area contributed by atoms with Crippen molar-refractivity contribution in [2.24, 2.45) is 0 Å². The van der Waals surface area contributed by atoms with E-state index in [0.29, 0.717) is 28.6 Å². The van der Waals surface area contributed by atoms with Gasteiger partial charge in [0.15, 0.2) is 0 Å². The summed E-state index contributed by atoms with van der Waals surface area (Å²) in [6.07, 6.45) is 0.380. The number of anilines is 1. The number of aliphatic hydroxyl groups is 1. The van der Waals surface area contributed by atoms with Gasteiger partial charge >= 0.3 is 0 Å². The van der Waals surface area contributed by atoms with Crippen molar-refractivity contribution in [3.05, 3.63) is 29.0 Å². The standard InChI is InChI=1S/C10H10ClN3O/c11-7-3-1-2-6-9(7)13-8(4-5-15)14-10(6)12/h1-3,15H,4-5H2,(H2,12,13,14). The largest absolute Gasteiger partial charge is 0.396 e. The van der Waals surface area contributed by atoms with E-state index < -0.39 is 0 Å². The fourth-order valence-corrected chi connectivity index (χ4v) is 1.62. The molecule has 2 aromatic rings. The first-order valence-electron chi connectivity index (χ1n) is 4.54. The lowest BCUT2D eigenvalue weighted by molar-refractivity contribution is 0.297. The van der Waals surface area contributed by atoms with Crippen molar-refractivity contribution in [3.63, 3.8) is 0 Å². The smallest absolute Gasteiger partial charge is 0.135 e. The highest BCUT2D eigenvalue weighted by atomic mass is 35.5. The van der Waals surface area contributed by atoms with Crippen LogP contribution in [0.5, 0.6) is 0 Å². The molecule has 0 spiro atoms. The molecule has 78 valence electrons. The maximum Gasteiger partial charge on any atom is 0.135 e. The van der Waals surface area contributed by atoms with Crippen molar-refractivity contribution in [3.8, 4) is 0 Å². The van der Waals surface area contributed by atoms with Crippen molar-refractivity contribution in [2.45, 2.75) is 6.42 Å². The third kappa shape index (κ3) is 1.86. The second-order valence-electron chi connectivity index (χ2n) is 3.13. The molecule has 0 aliphatic rings. The number of benzene rings is 1. The first-order chi connectivity index (χ1) is 7.22. The Labute approximate surface area is 91.7 Å². The average Bonchev–Trinajstić information content (AvgIpc) is 2.20. The van der Waals surface area contributed by atoms with E-state index in [-0.39, 0.29) is 6.61 Å². The van der Waals surface area contributed by atoms with E-state index in [1.54, 1.807) is 12.1 Å². The van der Waals surface area contributed by atoms with Crippen LogP contribution in [0.1, 0.15) is 5.82 Å². The van der Waals surface area contributed by atoms with E-state index in [1.807, 2.05) is 6.07 Å². The second kappa shape index (κ2) is 4.00. The molecule has 0 bridgehead atoms. The van der Waals surface area contributed by atoms with Crippen LogP contribution in [0.2, 0.25) is 5.02 Å². The quantitative estimate of drug-likeness (QED) is 0.807. The van der Waals surface area contributed by atoms with Crippen molar-refractivity contribution in [2.75, 3.05) is 12.3 Å². The second-order valence-corrected chi connectivity index (χ2v) is 3.54. The molecule has 0 saturated heterocycles. The van der Waals surface area contributed by atoms with Crippen molar-refractivity contribution in [1.29, 1.82) is 0 Å². The van der Waals surface area contributed by atoms with Gasteiger partial charge in [0, 0.05) is 11.8 Å². The fourth-order valence-electron chi connectivity index (χ4n) is 1.40. The highest BCUT2D eigenvalue weighted by Crippen LogP contribution is 2.24. The Hall–Kier alpha value is -1.39. The van der Waals surface area contributed by atoms with Gasteiger partial charge in [0.2, 0.25) is 0 Å². The van der Waals surface area contributed by atoms with Gasteiger partial charge in [0.1, 0.15) is 11.6 Å². The molecule has 1 aromatic heterocycles. The number of nitrogen functional groups attached to an aromatic ring is 1. The molecule has 3 N–H and O–H groups in total. The lowest BCUT2D eigenvalue weighted by Gasteiger charge is -2.05. The van der Waals surface area contributed by atoms with Crippen LogP contribution < -0.4 is 5.73 Å². The maximum atomic E-state index is 8.80. The highest BCUT2D eigenvalue weighted by Gasteiger charge is 2.07. The summed E-state index contributed by atoms with van der Waals surface area (Å²) in [5, 5.41) is 10.1. The molecule has 1 heterocycles. The maximum absolute atomic E-state index is 8.80. The summed E-state index contributed by atoms with van der Waals surface area (Å²) in [7, 11) is 0. The first kappa shape index (κ1) is 10.1. The number of aromatic nitrogens is 2. The van der Waals surface area contributed by atoms with Gasteiger partial charge in [-0.3, -0.25) is 0 Å². The summed E-state index contributed by atoms with van der Waals surface area (Å²) < 4.78 is 0. The first-order valence-corrected chi connectivity index (χ1v) is 4.91. The molecular weight excluding hydrogens is 214 g/mol. The van der Waals surface area contributed by atoms with E-state index in [2.05, 4.69) is 9.97 Å². The Bertz CT molecular complexity index is 501. The fraction of sp³-hybridized carbons (Fsp3) is 0.200. The minimum Gasteiger partial charge on any atom is -0.396 e. The molecule has 0 aliphatic carbocycles. The SMILES string of the molecule is Nc1nc(CCO)nc2c(Cl)cccc12. The van der Waals surface area contributed by atoms with Crippen LogP contribution >= 0.6 is 11.6 Å². The van der Waals surface area contributed by atoms with Crippen LogP contribution in [-0.2, 0) is 6.42 Å². The Morgan fingerprint density at radius 2 is 2.13 bits per heavy atom. The van der Waals surface area contributed by atoms with E-state index in [4.69, 9.17) is 22.4 Å². The lowest BCUT2D eigenvalue weighted by Crippen LogP contribution is -2.03. The van der Waals surface area contributed by atoms with E-state index in [9.17, 15) is 0 Å². The van der Waals surface area contributed by atoms with E-state index >= 15 is 0 Å². The molecule has 0 saturated carbocycles. The molecule has 0 fully saturated rings. The number of nitrogens with zero attached hydrogens (tertiary/aromatic N) is 2. The number of fused-ring (bicyclic) bond motifs is 1. The molecular formula is C10H10ClN3O. The average molecular weight is 224 g/mol. The van der Waals surface area contributed by atoms with Gasteiger partial charge in [0.05, 0.1) is 17.1 Å². The van der Waals surface area contributed by atoms with Crippen molar-refractivity contribution < 1.29 is 5.11 Å². The normalized spacial score (nSPS) is 10.8. The summed E-state index contributed by atoms with van der Waals surface area (Å²) in [5.41, 5.74) is 6.40. The molecule has 0 unspecified atom stereocenters. The van der Waals surface area contributed by atoms with Gasteiger partial charge in [-0.1, -0.05) is 17.7 Å². The third-order valence-corrected chi connectivity index (χ3v) is 2.39. The summed E-state index contributed by atoms with van der Waals surface area (Å²) in [5.74, 6) is 0.904. The number of nitrogens with two attached hydrogens (primary N) is 1. The predicted octanol–water partition coefficient (Wildman–Crippen LogP) is 1.40. The molecule has 0 aliphatic heterocycles. The number of hydrogen-bond acceptors (Lipinski definition) is 4. The highest BCUT2D eigenvalue weighted by molar-refractivity contribution is 6.35. The predicted molar refractivity (Wildman–Crippen MR) is 59.8 cm³/mol. The minimum absolute atomic E-state index is 0.00456. The van der Waals surface area contributed by atoms with Crippen molar-refractivity contribution >= 4 is 28.3 Å². The van der Waals surface area contributed by atoms with Crippen LogP contribution in [0.25, 0.3) is 10.9 Å². The number of aliphatic hydroxyl groups excluding tert-OH is 1. The molecule has 0 radical (unpaired) electrons. The molecule has 0 amide bonds. The van der Waals surface area contributed by atoms with Gasteiger partial charge in [0.25, 0.3) is 0 Å². The number of rotatable bonds is 2. The van der Waals surface area contributed by atoms with Gasteiger partial charge in [-0.2, -0.15) is 0 Å². The third-order valence-electron chi connectivity index (χ3n) is 2.09. The van der Waals surface area contributed by atoms with Gasteiger partial charge < -0.3 is 10.8 Å². The van der Waals surface area contributed by atoms with Gasteiger partial charge in [-0.15, -0.1) is 0 Å². The molecule has 0 atom stereocenters. The Kier molecular flexibility index (Phi) is 2.70. The zero-order chi connectivity index (χ0) is 10.8. The van der Waals surface area contributed by atoms with Gasteiger partial charge in [-0.25, -0.2) is 9.97 Å². The summed E-state index contributed by atoms with van der Waals surface area (Å²) in [6, 6.07) is 5.37. The van der Waals surface area contributed by atoms with Crippen LogP contribution in [0.3, 0.4) is 0 Å². The zero-order valence-electron chi connectivity index (χ0n) is 7.94. The zero-order valence-corrected chi connectivity index (χ0v) is 8.70. The topological polar surface area (TPSA) is 72.0 Å². The summed E-state index contributed by atoms with van der Waals surface area (Å²) in [4.78, 5) is 8.32. The van der Waals surface area contributed by atoms with Crippen LogP contribution in [0.15, 0.2) is 18.2 Å². The van der Waals surface area contributed by atoms with E-state index in [0.717, 1.165) is 5.39 Å². The monoisotopic (exact) mass is 223 g/mol. The molecule has 1 aromatic carbocycles. The van der Waals surface area contributed by atoms with Crippen LogP contribution in [-0.4, -0.2) is 21.7 Å². The molecule has 2 rings (SSSR count). The summed E-state index contributed by atoms with van der Waals surface area (Å²) >= 11 is 5.99. The van der Waals surface area contributed by atoms with Crippen molar-refractivity contribution in [1.82, 2.24) is 9.97 Å². The molecule has 4 nitrogen and oxygen atoms in total. The van der Waals surface area contributed by atoms with Crippen LogP contribution in [0.4, 0.5) is 5.82 Å². The van der Waals surface area contributed by atoms with Crippen LogP contribution in [0, 0.1) is 0 Å². The number of hydrogen-bond donors (Lipinski definition) is 2. The Morgan fingerprint density at radius 3 is 2.87 bits per heavy atom. The molecule has 15 heavy (non-hydrogen) atoms.